The van der Waals surface area contributed by atoms with Crippen molar-refractivity contribution in [3.05, 3.63) is 24.3 Å². The fourth-order valence-electron chi connectivity index (χ4n) is 4.58. The maximum absolute atomic E-state index is 10.3. The van der Waals surface area contributed by atoms with Crippen LogP contribution in [-0.2, 0) is 0 Å². The largest absolute Gasteiger partial charge is 0.386 e. The molecule has 0 heterocycles. The molecule has 21 heavy (non-hydrogen) atoms. The van der Waals surface area contributed by atoms with E-state index >= 15 is 0 Å². The average molecular weight is 290 g/mol. The molecule has 1 saturated carbocycles. The van der Waals surface area contributed by atoms with E-state index in [1.165, 1.54) is 25.7 Å². The van der Waals surface area contributed by atoms with Crippen LogP contribution in [0.15, 0.2) is 24.3 Å². The van der Waals surface area contributed by atoms with Gasteiger partial charge in [-0.3, -0.25) is 0 Å². The molecule has 0 bridgehead atoms. The summed E-state index contributed by atoms with van der Waals surface area (Å²) in [6.07, 6.45) is 11.3. The van der Waals surface area contributed by atoms with E-state index in [4.69, 9.17) is 0 Å². The molecule has 0 radical (unpaired) electrons. The zero-order valence-corrected chi connectivity index (χ0v) is 14.7. The molecule has 2 aliphatic rings. The summed E-state index contributed by atoms with van der Waals surface area (Å²) in [5.41, 5.74) is 1.65. The summed E-state index contributed by atoms with van der Waals surface area (Å²) >= 11 is 0. The lowest BCUT2D eigenvalue weighted by Gasteiger charge is -2.53. The van der Waals surface area contributed by atoms with E-state index in [0.717, 1.165) is 12.8 Å². The van der Waals surface area contributed by atoms with Gasteiger partial charge in [0.05, 0.1) is 5.60 Å². The Morgan fingerprint density at radius 1 is 1.43 bits per heavy atom. The lowest BCUT2D eigenvalue weighted by Crippen LogP contribution is -2.44. The predicted molar refractivity (Wildman–Crippen MR) is 91.1 cm³/mol. The van der Waals surface area contributed by atoms with Crippen molar-refractivity contribution in [3.8, 4) is 0 Å². The van der Waals surface area contributed by atoms with E-state index in [-0.39, 0.29) is 0 Å². The third-order valence-corrected chi connectivity index (χ3v) is 6.67. The van der Waals surface area contributed by atoms with Crippen LogP contribution in [0.5, 0.6) is 0 Å². The van der Waals surface area contributed by atoms with Gasteiger partial charge in [0.25, 0.3) is 0 Å². The number of hydrogen-bond acceptors (Lipinski definition) is 1. The fourth-order valence-corrected chi connectivity index (χ4v) is 4.58. The van der Waals surface area contributed by atoms with E-state index in [1.54, 1.807) is 11.6 Å². The summed E-state index contributed by atoms with van der Waals surface area (Å²) in [5.74, 6) is 1.39. The minimum absolute atomic E-state index is 0.314. The van der Waals surface area contributed by atoms with Crippen LogP contribution in [0.1, 0.15) is 73.1 Å². The van der Waals surface area contributed by atoms with Gasteiger partial charge in [-0.1, -0.05) is 51.8 Å². The second kappa shape index (κ2) is 5.57. The Morgan fingerprint density at radius 3 is 2.71 bits per heavy atom. The number of rotatable bonds is 4. The normalized spacial score (nSPS) is 38.1. The van der Waals surface area contributed by atoms with Crippen molar-refractivity contribution < 1.29 is 5.11 Å². The van der Waals surface area contributed by atoms with Crippen molar-refractivity contribution in [2.75, 3.05) is 0 Å². The Balaban J connectivity index is 2.25. The van der Waals surface area contributed by atoms with Gasteiger partial charge in [0.1, 0.15) is 0 Å². The SMILES string of the molecule is C=C[C@](C)(O)CC[C@@]1(C)[C@H](C)CC=C2[C@@H]1CCCC2(C)C. The summed E-state index contributed by atoms with van der Waals surface area (Å²) in [5, 5.41) is 10.3. The van der Waals surface area contributed by atoms with Gasteiger partial charge < -0.3 is 5.11 Å². The van der Waals surface area contributed by atoms with Crippen molar-refractivity contribution >= 4 is 0 Å². The molecule has 2 aliphatic carbocycles. The average Bonchev–Trinajstić information content (AvgIpc) is 2.41. The van der Waals surface area contributed by atoms with Crippen LogP contribution in [0.3, 0.4) is 0 Å². The molecule has 1 nitrogen and oxygen atoms in total. The lowest BCUT2D eigenvalue weighted by molar-refractivity contribution is 0.0234. The molecule has 0 aromatic rings. The van der Waals surface area contributed by atoms with Gasteiger partial charge in [0, 0.05) is 0 Å². The molecule has 0 aromatic heterocycles. The van der Waals surface area contributed by atoms with Crippen molar-refractivity contribution in [3.63, 3.8) is 0 Å². The Hall–Kier alpha value is -0.560. The van der Waals surface area contributed by atoms with Crippen LogP contribution in [0.2, 0.25) is 0 Å². The Kier molecular flexibility index (Phi) is 4.46. The third kappa shape index (κ3) is 3.13. The highest BCUT2D eigenvalue weighted by Gasteiger charge is 2.48. The zero-order chi connectivity index (χ0) is 15.9. The second-order valence-electron chi connectivity index (χ2n) is 8.69. The number of allylic oxidation sites excluding steroid dienone is 2. The molecule has 2 rings (SSSR count). The molecule has 0 unspecified atom stereocenters. The molecule has 1 fully saturated rings. The van der Waals surface area contributed by atoms with Crippen molar-refractivity contribution in [2.24, 2.45) is 22.7 Å². The molecule has 1 heteroatoms. The van der Waals surface area contributed by atoms with Gasteiger partial charge in [-0.2, -0.15) is 0 Å². The minimum Gasteiger partial charge on any atom is -0.386 e. The predicted octanol–water partition coefficient (Wildman–Crippen LogP) is 5.50. The summed E-state index contributed by atoms with van der Waals surface area (Å²) in [6.45, 7) is 15.4. The highest BCUT2D eigenvalue weighted by Crippen LogP contribution is 2.58. The number of aliphatic hydroxyl groups is 1. The third-order valence-electron chi connectivity index (χ3n) is 6.67. The van der Waals surface area contributed by atoms with Crippen molar-refractivity contribution in [2.45, 2.75) is 78.7 Å². The van der Waals surface area contributed by atoms with Gasteiger partial charge in [-0.25, -0.2) is 0 Å². The Labute approximate surface area is 131 Å². The molecular weight excluding hydrogens is 256 g/mol. The van der Waals surface area contributed by atoms with Gasteiger partial charge in [-0.05, 0) is 61.7 Å². The second-order valence-corrected chi connectivity index (χ2v) is 8.69. The molecule has 0 amide bonds. The van der Waals surface area contributed by atoms with E-state index in [2.05, 4.69) is 40.3 Å². The quantitative estimate of drug-likeness (QED) is 0.678. The highest BCUT2D eigenvalue weighted by molar-refractivity contribution is 5.25. The van der Waals surface area contributed by atoms with Gasteiger partial charge in [0.2, 0.25) is 0 Å². The summed E-state index contributed by atoms with van der Waals surface area (Å²) in [7, 11) is 0. The van der Waals surface area contributed by atoms with E-state index in [9.17, 15) is 5.11 Å². The highest BCUT2D eigenvalue weighted by atomic mass is 16.3. The van der Waals surface area contributed by atoms with Crippen molar-refractivity contribution in [1.29, 1.82) is 0 Å². The first kappa shape index (κ1) is 16.8. The van der Waals surface area contributed by atoms with Crippen molar-refractivity contribution in [1.82, 2.24) is 0 Å². The zero-order valence-electron chi connectivity index (χ0n) is 14.7. The van der Waals surface area contributed by atoms with Crippen LogP contribution in [0.4, 0.5) is 0 Å². The molecular formula is C20H34O. The van der Waals surface area contributed by atoms with E-state index in [0.29, 0.717) is 22.7 Å². The molecule has 0 aromatic carbocycles. The summed E-state index contributed by atoms with van der Waals surface area (Å²) in [4.78, 5) is 0. The van der Waals surface area contributed by atoms with Gasteiger partial charge >= 0.3 is 0 Å². The van der Waals surface area contributed by atoms with Crippen LogP contribution >= 0.6 is 0 Å². The first-order chi connectivity index (χ1) is 9.62. The Morgan fingerprint density at radius 2 is 2.10 bits per heavy atom. The maximum Gasteiger partial charge on any atom is 0.0797 e. The summed E-state index contributed by atoms with van der Waals surface area (Å²) < 4.78 is 0. The molecule has 0 spiro atoms. The molecule has 0 aliphatic heterocycles. The maximum atomic E-state index is 10.3. The molecule has 4 atom stereocenters. The van der Waals surface area contributed by atoms with Crippen LogP contribution in [-0.4, -0.2) is 10.7 Å². The van der Waals surface area contributed by atoms with Crippen LogP contribution in [0, 0.1) is 22.7 Å². The lowest BCUT2D eigenvalue weighted by atomic mass is 9.51. The van der Waals surface area contributed by atoms with E-state index in [1.807, 2.05) is 6.92 Å². The fraction of sp³-hybridized carbons (Fsp3) is 0.800. The first-order valence-electron chi connectivity index (χ1n) is 8.69. The number of hydrogen-bond donors (Lipinski definition) is 1. The Bertz CT molecular complexity index is 429. The monoisotopic (exact) mass is 290 g/mol. The van der Waals surface area contributed by atoms with E-state index < -0.39 is 5.60 Å². The van der Waals surface area contributed by atoms with Gasteiger partial charge in [0.15, 0.2) is 0 Å². The number of fused-ring (bicyclic) bond motifs is 1. The van der Waals surface area contributed by atoms with Gasteiger partial charge in [-0.15, -0.1) is 6.58 Å². The topological polar surface area (TPSA) is 20.2 Å². The minimum atomic E-state index is -0.728. The molecule has 0 saturated heterocycles. The smallest absolute Gasteiger partial charge is 0.0797 e. The first-order valence-corrected chi connectivity index (χ1v) is 8.69. The standard InChI is InChI=1S/C20H34O/c1-7-19(5,21)13-14-20(6)15(2)10-11-16-17(20)9-8-12-18(16,3)4/h7,11,15,17,21H,1,8-10,12-14H2,2-6H3/t15-,17+,19+,20+/m1/s1. The van der Waals surface area contributed by atoms with Crippen LogP contribution in [0.25, 0.3) is 0 Å². The van der Waals surface area contributed by atoms with Crippen LogP contribution < -0.4 is 0 Å². The molecule has 120 valence electrons. The summed E-state index contributed by atoms with van der Waals surface area (Å²) in [6, 6.07) is 0. The molecule has 1 N–H and O–H groups in total.